The Balaban J connectivity index is 2.09. The van der Waals surface area contributed by atoms with E-state index in [0.29, 0.717) is 24.0 Å². The molecule has 0 aliphatic carbocycles. The first kappa shape index (κ1) is 13.8. The molecule has 1 aliphatic rings. The maximum Gasteiger partial charge on any atom is 0.126 e. The Bertz CT molecular complexity index is 377. The molecule has 0 radical (unpaired) electrons. The van der Waals surface area contributed by atoms with E-state index < -0.39 is 11.6 Å². The van der Waals surface area contributed by atoms with E-state index in [2.05, 4.69) is 4.90 Å². The Morgan fingerprint density at radius 2 is 1.83 bits per heavy atom. The quantitative estimate of drug-likeness (QED) is 0.754. The number of benzene rings is 1. The minimum atomic E-state index is -0.512. The van der Waals surface area contributed by atoms with Gasteiger partial charge >= 0.3 is 0 Å². The molecule has 0 spiro atoms. The summed E-state index contributed by atoms with van der Waals surface area (Å²) in [7, 11) is 0. The molecule has 1 nitrogen and oxygen atoms in total. The van der Waals surface area contributed by atoms with Gasteiger partial charge in [0.15, 0.2) is 0 Å². The molecule has 1 fully saturated rings. The van der Waals surface area contributed by atoms with Crippen LogP contribution in [0.4, 0.5) is 8.78 Å². The lowest BCUT2D eigenvalue weighted by molar-refractivity contribution is 0.207. The molecule has 2 rings (SSSR count). The standard InChI is InChI=1S/C14H18ClF2N/c15-9-14-4-2-1-3-5-18(14)10-11-6-12(16)8-13(17)7-11/h6-8,14H,1-5,9-10H2. The highest BCUT2D eigenvalue weighted by molar-refractivity contribution is 6.18. The van der Waals surface area contributed by atoms with Crippen molar-refractivity contribution in [3.8, 4) is 0 Å². The number of nitrogens with zero attached hydrogens (tertiary/aromatic N) is 1. The predicted molar refractivity (Wildman–Crippen MR) is 69.7 cm³/mol. The summed E-state index contributed by atoms with van der Waals surface area (Å²) in [5.41, 5.74) is 0.685. The Labute approximate surface area is 112 Å². The van der Waals surface area contributed by atoms with Crippen LogP contribution in [0.15, 0.2) is 18.2 Å². The summed E-state index contributed by atoms with van der Waals surface area (Å²) < 4.78 is 26.3. The van der Waals surface area contributed by atoms with E-state index in [1.54, 1.807) is 0 Å². The van der Waals surface area contributed by atoms with Crippen LogP contribution in [0.25, 0.3) is 0 Å². The van der Waals surface area contributed by atoms with Crippen LogP contribution >= 0.6 is 11.6 Å². The Kier molecular flexibility index (Phi) is 4.95. The summed E-state index contributed by atoms with van der Waals surface area (Å²) in [5.74, 6) is -0.442. The topological polar surface area (TPSA) is 3.24 Å². The van der Waals surface area contributed by atoms with Gasteiger partial charge in [0.1, 0.15) is 11.6 Å². The second-order valence-corrected chi connectivity index (χ2v) is 5.21. The first-order chi connectivity index (χ1) is 8.69. The van der Waals surface area contributed by atoms with Crippen molar-refractivity contribution in [1.82, 2.24) is 4.90 Å². The maximum atomic E-state index is 13.2. The smallest absolute Gasteiger partial charge is 0.126 e. The van der Waals surface area contributed by atoms with Crippen molar-refractivity contribution in [2.75, 3.05) is 12.4 Å². The van der Waals surface area contributed by atoms with Gasteiger partial charge in [0.05, 0.1) is 0 Å². The largest absolute Gasteiger partial charge is 0.295 e. The molecule has 0 bridgehead atoms. The molecule has 0 saturated carbocycles. The van der Waals surface area contributed by atoms with Gasteiger partial charge in [-0.25, -0.2) is 8.78 Å². The molecular weight excluding hydrogens is 256 g/mol. The summed E-state index contributed by atoms with van der Waals surface area (Å²) in [4.78, 5) is 2.24. The van der Waals surface area contributed by atoms with Crippen LogP contribution in [0, 0.1) is 11.6 Å². The first-order valence-electron chi connectivity index (χ1n) is 6.44. The average Bonchev–Trinajstić information content (AvgIpc) is 2.52. The molecule has 4 heteroatoms. The second-order valence-electron chi connectivity index (χ2n) is 4.91. The van der Waals surface area contributed by atoms with Crippen LogP contribution in [0.5, 0.6) is 0 Å². The third kappa shape index (κ3) is 3.66. The average molecular weight is 274 g/mol. The monoisotopic (exact) mass is 273 g/mol. The third-order valence-electron chi connectivity index (χ3n) is 3.49. The molecule has 1 unspecified atom stereocenters. The van der Waals surface area contributed by atoms with Crippen molar-refractivity contribution >= 4 is 11.6 Å². The zero-order valence-electron chi connectivity index (χ0n) is 10.3. The van der Waals surface area contributed by atoms with Gasteiger partial charge in [0.2, 0.25) is 0 Å². The highest BCUT2D eigenvalue weighted by atomic mass is 35.5. The summed E-state index contributed by atoms with van der Waals surface area (Å²) >= 11 is 5.99. The highest BCUT2D eigenvalue weighted by Gasteiger charge is 2.20. The number of hydrogen-bond acceptors (Lipinski definition) is 1. The van der Waals surface area contributed by atoms with Crippen LogP contribution < -0.4 is 0 Å². The van der Waals surface area contributed by atoms with Crippen LogP contribution in [0.3, 0.4) is 0 Å². The van der Waals surface area contributed by atoms with E-state index in [4.69, 9.17) is 11.6 Å². The molecule has 1 aromatic rings. The number of halogens is 3. The summed E-state index contributed by atoms with van der Waals surface area (Å²) in [6, 6.07) is 4.03. The van der Waals surface area contributed by atoms with Gasteiger partial charge in [0.25, 0.3) is 0 Å². The van der Waals surface area contributed by atoms with E-state index >= 15 is 0 Å². The Morgan fingerprint density at radius 1 is 1.11 bits per heavy atom. The minimum absolute atomic E-state index is 0.320. The molecular formula is C14H18ClF2N. The fraction of sp³-hybridized carbons (Fsp3) is 0.571. The van der Waals surface area contributed by atoms with Crippen LogP contribution in [-0.4, -0.2) is 23.4 Å². The van der Waals surface area contributed by atoms with Gasteiger partial charge in [-0.15, -0.1) is 11.6 Å². The van der Waals surface area contributed by atoms with E-state index in [0.717, 1.165) is 25.5 Å². The molecule has 100 valence electrons. The van der Waals surface area contributed by atoms with Crippen molar-refractivity contribution in [1.29, 1.82) is 0 Å². The summed E-state index contributed by atoms with van der Waals surface area (Å²) in [5, 5.41) is 0. The van der Waals surface area contributed by atoms with E-state index in [9.17, 15) is 8.78 Å². The fourth-order valence-electron chi connectivity index (χ4n) is 2.56. The zero-order valence-corrected chi connectivity index (χ0v) is 11.1. The number of alkyl halides is 1. The van der Waals surface area contributed by atoms with Crippen molar-refractivity contribution in [2.24, 2.45) is 0 Å². The van der Waals surface area contributed by atoms with Crippen LogP contribution in [-0.2, 0) is 6.54 Å². The van der Waals surface area contributed by atoms with Crippen molar-refractivity contribution in [2.45, 2.75) is 38.3 Å². The Hall–Kier alpha value is -0.670. The first-order valence-corrected chi connectivity index (χ1v) is 6.97. The molecule has 1 heterocycles. The lowest BCUT2D eigenvalue weighted by Gasteiger charge is -2.28. The summed E-state index contributed by atoms with van der Waals surface area (Å²) in [6.45, 7) is 1.53. The molecule has 1 atom stereocenters. The maximum absolute atomic E-state index is 13.2. The predicted octanol–water partition coefficient (Wildman–Crippen LogP) is 3.95. The van der Waals surface area contributed by atoms with Crippen molar-refractivity contribution in [3.63, 3.8) is 0 Å². The van der Waals surface area contributed by atoms with Crippen molar-refractivity contribution in [3.05, 3.63) is 35.4 Å². The molecule has 0 amide bonds. The molecule has 0 N–H and O–H groups in total. The summed E-state index contributed by atoms with van der Waals surface area (Å²) in [6.07, 6.45) is 4.60. The molecule has 1 saturated heterocycles. The van der Waals surface area contributed by atoms with Gasteiger partial charge < -0.3 is 0 Å². The van der Waals surface area contributed by atoms with Gasteiger partial charge in [-0.05, 0) is 37.1 Å². The fourth-order valence-corrected chi connectivity index (χ4v) is 2.91. The number of likely N-dealkylation sites (tertiary alicyclic amines) is 1. The molecule has 1 aromatic carbocycles. The number of hydrogen-bond donors (Lipinski definition) is 0. The van der Waals surface area contributed by atoms with Gasteiger partial charge in [-0.3, -0.25) is 4.90 Å². The van der Waals surface area contributed by atoms with Crippen molar-refractivity contribution < 1.29 is 8.78 Å². The number of rotatable bonds is 3. The van der Waals surface area contributed by atoms with Gasteiger partial charge in [0, 0.05) is 24.5 Å². The highest BCUT2D eigenvalue weighted by Crippen LogP contribution is 2.21. The zero-order chi connectivity index (χ0) is 13.0. The SMILES string of the molecule is Fc1cc(F)cc(CN2CCCCCC2CCl)c1. The van der Waals surface area contributed by atoms with Crippen LogP contribution in [0.2, 0.25) is 0 Å². The van der Waals surface area contributed by atoms with E-state index in [1.807, 2.05) is 0 Å². The normalized spacial score (nSPS) is 21.8. The molecule has 1 aliphatic heterocycles. The van der Waals surface area contributed by atoms with Gasteiger partial charge in [-0.1, -0.05) is 12.8 Å². The Morgan fingerprint density at radius 3 is 2.50 bits per heavy atom. The van der Waals surface area contributed by atoms with E-state index in [-0.39, 0.29) is 0 Å². The minimum Gasteiger partial charge on any atom is -0.295 e. The molecule has 0 aromatic heterocycles. The lowest BCUT2D eigenvalue weighted by atomic mass is 10.1. The second kappa shape index (κ2) is 6.48. The van der Waals surface area contributed by atoms with Crippen LogP contribution in [0.1, 0.15) is 31.2 Å². The molecule has 18 heavy (non-hydrogen) atoms. The van der Waals surface area contributed by atoms with E-state index in [1.165, 1.54) is 25.0 Å². The third-order valence-corrected chi connectivity index (χ3v) is 3.84. The van der Waals surface area contributed by atoms with Gasteiger partial charge in [-0.2, -0.15) is 0 Å². The lowest BCUT2D eigenvalue weighted by Crippen LogP contribution is -2.35.